The summed E-state index contributed by atoms with van der Waals surface area (Å²) in [7, 11) is 1.59. The van der Waals surface area contributed by atoms with Crippen molar-refractivity contribution in [3.05, 3.63) is 98.5 Å². The molecule has 0 bridgehead atoms. The highest BCUT2D eigenvalue weighted by Gasteiger charge is 2.29. The molecular formula is C27H26BrClN4O3. The quantitative estimate of drug-likeness (QED) is 0.265. The van der Waals surface area contributed by atoms with Crippen LogP contribution in [0.3, 0.4) is 0 Å². The molecule has 2 amide bonds. The Bertz CT molecular complexity index is 1410. The number of nitrogens with zero attached hydrogens (tertiary/aromatic N) is 3. The summed E-state index contributed by atoms with van der Waals surface area (Å²) in [5.74, 6) is 0.464. The van der Waals surface area contributed by atoms with Crippen LogP contribution in [0.15, 0.2) is 82.1 Å². The molecule has 36 heavy (non-hydrogen) atoms. The number of carbonyl (C=O) groups excluding carboxylic acids is 1. The predicted octanol–water partition coefficient (Wildman–Crippen LogP) is 6.43. The van der Waals surface area contributed by atoms with Gasteiger partial charge in [0.05, 0.1) is 29.2 Å². The Morgan fingerprint density at radius 3 is 2.47 bits per heavy atom. The van der Waals surface area contributed by atoms with Gasteiger partial charge in [-0.15, -0.1) is 0 Å². The molecule has 1 aromatic heterocycles. The number of fused-ring (bicyclic) bond motifs is 1. The van der Waals surface area contributed by atoms with Crippen molar-refractivity contribution in [2.75, 3.05) is 25.6 Å². The van der Waals surface area contributed by atoms with Crippen LogP contribution in [0.25, 0.3) is 16.6 Å². The Morgan fingerprint density at radius 1 is 1.11 bits per heavy atom. The first kappa shape index (κ1) is 25.9. The van der Waals surface area contributed by atoms with Gasteiger partial charge >= 0.3 is 6.03 Å². The molecule has 4 aromatic rings. The van der Waals surface area contributed by atoms with Crippen molar-refractivity contribution in [2.24, 2.45) is 0 Å². The fraction of sp³-hybridized carbons (Fsp3) is 0.222. The topological polar surface area (TPSA) is 76.5 Å². The number of halogens is 2. The van der Waals surface area contributed by atoms with Crippen LogP contribution in [-0.4, -0.2) is 40.7 Å². The van der Waals surface area contributed by atoms with E-state index < -0.39 is 6.04 Å². The number of aromatic nitrogens is 2. The van der Waals surface area contributed by atoms with Crippen LogP contribution in [-0.2, 0) is 4.74 Å². The number of methoxy groups -OCH3 is 1. The first-order chi connectivity index (χ1) is 17.4. The first-order valence-electron chi connectivity index (χ1n) is 11.5. The second-order valence-corrected chi connectivity index (χ2v) is 9.50. The van der Waals surface area contributed by atoms with Crippen LogP contribution < -0.4 is 10.9 Å². The van der Waals surface area contributed by atoms with E-state index in [0.717, 1.165) is 4.47 Å². The van der Waals surface area contributed by atoms with E-state index >= 15 is 0 Å². The first-order valence-corrected chi connectivity index (χ1v) is 12.7. The van der Waals surface area contributed by atoms with Crippen LogP contribution in [0.4, 0.5) is 10.5 Å². The number of rotatable bonds is 8. The van der Waals surface area contributed by atoms with E-state index in [-0.39, 0.29) is 11.6 Å². The van der Waals surface area contributed by atoms with E-state index in [0.29, 0.717) is 52.7 Å². The monoisotopic (exact) mass is 568 g/mol. The van der Waals surface area contributed by atoms with E-state index in [4.69, 9.17) is 21.3 Å². The van der Waals surface area contributed by atoms with Gasteiger partial charge in [0.25, 0.3) is 5.56 Å². The van der Waals surface area contributed by atoms with Gasteiger partial charge < -0.3 is 15.0 Å². The molecule has 0 aliphatic heterocycles. The molecule has 0 saturated heterocycles. The minimum atomic E-state index is -0.511. The van der Waals surface area contributed by atoms with Crippen molar-refractivity contribution in [1.82, 2.24) is 14.5 Å². The lowest BCUT2D eigenvalue weighted by Crippen LogP contribution is -2.42. The van der Waals surface area contributed by atoms with Crippen LogP contribution in [0, 0.1) is 0 Å². The molecule has 1 unspecified atom stereocenters. The lowest BCUT2D eigenvalue weighted by Gasteiger charge is -2.32. The summed E-state index contributed by atoms with van der Waals surface area (Å²) in [6.07, 6.45) is 0.524. The van der Waals surface area contributed by atoms with Gasteiger partial charge in [-0.1, -0.05) is 46.6 Å². The number of amides is 2. The number of ether oxygens (including phenoxy) is 1. The summed E-state index contributed by atoms with van der Waals surface area (Å²) >= 11 is 9.53. The minimum absolute atomic E-state index is 0.212. The molecule has 0 aliphatic carbocycles. The zero-order valence-corrected chi connectivity index (χ0v) is 22.3. The van der Waals surface area contributed by atoms with Crippen LogP contribution in [0.1, 0.15) is 25.2 Å². The van der Waals surface area contributed by atoms with Gasteiger partial charge in [0.1, 0.15) is 5.82 Å². The predicted molar refractivity (Wildman–Crippen MR) is 147 cm³/mol. The molecular weight excluding hydrogens is 544 g/mol. The van der Waals surface area contributed by atoms with Gasteiger partial charge in [-0.05, 0) is 67.1 Å². The number of hydrogen-bond acceptors (Lipinski definition) is 4. The molecule has 186 valence electrons. The molecule has 0 fully saturated rings. The summed E-state index contributed by atoms with van der Waals surface area (Å²) < 4.78 is 7.79. The van der Waals surface area contributed by atoms with Gasteiger partial charge in [0.2, 0.25) is 0 Å². The normalized spacial score (nSPS) is 11.9. The molecule has 1 N–H and O–H groups in total. The largest absolute Gasteiger partial charge is 0.383 e. The zero-order chi connectivity index (χ0) is 25.7. The van der Waals surface area contributed by atoms with Crippen molar-refractivity contribution in [3.63, 3.8) is 0 Å². The van der Waals surface area contributed by atoms with Crippen molar-refractivity contribution < 1.29 is 9.53 Å². The lowest BCUT2D eigenvalue weighted by atomic mass is 10.1. The van der Waals surface area contributed by atoms with Gasteiger partial charge in [0, 0.05) is 28.8 Å². The number of carbonyl (C=O) groups is 1. The van der Waals surface area contributed by atoms with Crippen LogP contribution in [0.2, 0.25) is 5.02 Å². The summed E-state index contributed by atoms with van der Waals surface area (Å²) in [4.78, 5) is 33.8. The van der Waals surface area contributed by atoms with Crippen molar-refractivity contribution in [1.29, 1.82) is 0 Å². The van der Waals surface area contributed by atoms with E-state index in [1.165, 1.54) is 0 Å². The van der Waals surface area contributed by atoms with Gasteiger partial charge in [0.15, 0.2) is 0 Å². The van der Waals surface area contributed by atoms with Gasteiger partial charge in [-0.2, -0.15) is 0 Å². The highest BCUT2D eigenvalue weighted by molar-refractivity contribution is 9.10. The van der Waals surface area contributed by atoms with Gasteiger partial charge in [-0.25, -0.2) is 9.78 Å². The molecule has 7 nitrogen and oxygen atoms in total. The molecule has 4 rings (SSSR count). The highest BCUT2D eigenvalue weighted by Crippen LogP contribution is 2.27. The smallest absolute Gasteiger partial charge is 0.322 e. The number of para-hydroxylation sites is 1. The van der Waals surface area contributed by atoms with E-state index in [1.54, 1.807) is 53.0 Å². The average molecular weight is 570 g/mol. The van der Waals surface area contributed by atoms with E-state index in [1.807, 2.05) is 43.3 Å². The van der Waals surface area contributed by atoms with E-state index in [2.05, 4.69) is 21.2 Å². The molecule has 1 atom stereocenters. The van der Waals surface area contributed by atoms with Crippen LogP contribution in [0.5, 0.6) is 0 Å². The van der Waals surface area contributed by atoms with Crippen molar-refractivity contribution in [2.45, 2.75) is 19.4 Å². The number of hydrogen-bond donors (Lipinski definition) is 1. The standard InChI is InChI=1S/C27H26BrClN4O3/c1-3-24(32(16-17-36-2)27(35)30-20-12-8-18(28)9-13-20)25-31-23-7-5-4-6-22(23)26(34)33(25)21-14-10-19(29)11-15-21/h4-15,24H,3,16-17H2,1-2H3,(H,30,35). The molecule has 0 spiro atoms. The number of benzene rings is 3. The van der Waals surface area contributed by atoms with Crippen molar-refractivity contribution >= 4 is 50.2 Å². The zero-order valence-electron chi connectivity index (χ0n) is 19.9. The van der Waals surface area contributed by atoms with Crippen molar-refractivity contribution in [3.8, 4) is 5.69 Å². The maximum Gasteiger partial charge on any atom is 0.322 e. The SMILES string of the molecule is CCC(c1nc2ccccc2c(=O)n1-c1ccc(Cl)cc1)N(CCOC)C(=O)Nc1ccc(Br)cc1. The number of nitrogens with one attached hydrogen (secondary N) is 1. The van der Waals surface area contributed by atoms with Gasteiger partial charge in [-0.3, -0.25) is 9.36 Å². The Kier molecular flexibility index (Phi) is 8.40. The highest BCUT2D eigenvalue weighted by atomic mass is 79.9. The maximum absolute atomic E-state index is 13.7. The lowest BCUT2D eigenvalue weighted by molar-refractivity contribution is 0.131. The minimum Gasteiger partial charge on any atom is -0.383 e. The number of urea groups is 1. The summed E-state index contributed by atoms with van der Waals surface area (Å²) in [6.45, 7) is 2.59. The third kappa shape index (κ3) is 5.61. The molecule has 1 heterocycles. The Hall–Kier alpha value is -3.20. The Labute approximate surface area is 222 Å². The Balaban J connectivity index is 1.85. The maximum atomic E-state index is 13.7. The molecule has 0 aliphatic rings. The number of anilines is 1. The molecule has 0 saturated carbocycles. The Morgan fingerprint density at radius 2 is 1.81 bits per heavy atom. The summed E-state index contributed by atoms with van der Waals surface area (Å²) in [5.41, 5.74) is 1.63. The average Bonchev–Trinajstić information content (AvgIpc) is 2.88. The third-order valence-corrected chi connectivity index (χ3v) is 6.62. The molecule has 0 radical (unpaired) electrons. The molecule has 9 heteroatoms. The van der Waals surface area contributed by atoms with Crippen LogP contribution >= 0.6 is 27.5 Å². The second-order valence-electron chi connectivity index (χ2n) is 8.15. The fourth-order valence-corrected chi connectivity index (χ4v) is 4.46. The summed E-state index contributed by atoms with van der Waals surface area (Å²) in [5, 5.41) is 4.01. The summed E-state index contributed by atoms with van der Waals surface area (Å²) in [6, 6.07) is 20.7. The second kappa shape index (κ2) is 11.7. The van der Waals surface area contributed by atoms with E-state index in [9.17, 15) is 9.59 Å². The fourth-order valence-electron chi connectivity index (χ4n) is 4.07. The third-order valence-electron chi connectivity index (χ3n) is 5.84. The molecule has 3 aromatic carbocycles.